The van der Waals surface area contributed by atoms with E-state index in [2.05, 4.69) is 14.7 Å². The van der Waals surface area contributed by atoms with Gasteiger partial charge in [0.15, 0.2) is 11.5 Å². The summed E-state index contributed by atoms with van der Waals surface area (Å²) < 4.78 is 35.0. The summed E-state index contributed by atoms with van der Waals surface area (Å²) in [5.41, 5.74) is 3.31. The molecular weight excluding hydrogens is 579 g/mol. The van der Waals surface area contributed by atoms with Crippen LogP contribution in [0.25, 0.3) is 11.0 Å². The molecular formula is C33H29FN6O5. The molecule has 1 fully saturated rings. The number of halogens is 1. The summed E-state index contributed by atoms with van der Waals surface area (Å²) in [4.78, 5) is 28.0. The van der Waals surface area contributed by atoms with E-state index in [1.54, 1.807) is 37.4 Å². The van der Waals surface area contributed by atoms with Crippen molar-refractivity contribution in [2.45, 2.75) is 44.6 Å². The van der Waals surface area contributed by atoms with Gasteiger partial charge < -0.3 is 23.3 Å². The molecule has 1 unspecified atom stereocenters. The number of piperidine rings is 1. The third-order valence-corrected chi connectivity index (χ3v) is 8.54. The first kappa shape index (κ1) is 28.5. The molecule has 5 aromatic rings. The third-order valence-electron chi connectivity index (χ3n) is 8.54. The number of para-hydroxylation sites is 1. The Kier molecular flexibility index (Phi) is 7.19. The van der Waals surface area contributed by atoms with E-state index in [1.165, 1.54) is 18.4 Å². The second kappa shape index (κ2) is 11.4. The molecule has 1 saturated heterocycles. The first-order chi connectivity index (χ1) is 21.8. The minimum absolute atomic E-state index is 0.212. The van der Waals surface area contributed by atoms with E-state index >= 15 is 0 Å². The van der Waals surface area contributed by atoms with Crippen LogP contribution in [0.4, 0.5) is 4.39 Å². The van der Waals surface area contributed by atoms with E-state index < -0.39 is 17.6 Å². The Labute approximate surface area is 257 Å². The van der Waals surface area contributed by atoms with Gasteiger partial charge in [-0.2, -0.15) is 11.2 Å². The summed E-state index contributed by atoms with van der Waals surface area (Å²) in [6.07, 6.45) is 4.85. The minimum atomic E-state index is -1.35. The van der Waals surface area contributed by atoms with E-state index in [-0.39, 0.29) is 17.0 Å². The molecule has 0 radical (unpaired) electrons. The number of benzene rings is 3. The molecule has 4 heterocycles. The average Bonchev–Trinajstić information content (AvgIpc) is 3.78. The van der Waals surface area contributed by atoms with Gasteiger partial charge in [0.25, 0.3) is 5.79 Å². The molecule has 3 aromatic carbocycles. The predicted octanol–water partition coefficient (Wildman–Crippen LogP) is 5.14. The van der Waals surface area contributed by atoms with E-state index in [0.29, 0.717) is 36.0 Å². The summed E-state index contributed by atoms with van der Waals surface area (Å²) >= 11 is 0. The van der Waals surface area contributed by atoms with E-state index in [1.807, 2.05) is 28.8 Å². The zero-order valence-corrected chi connectivity index (χ0v) is 24.4. The number of hydrogen-bond acceptors (Lipinski definition) is 10. The van der Waals surface area contributed by atoms with Gasteiger partial charge in [0, 0.05) is 12.5 Å². The summed E-state index contributed by atoms with van der Waals surface area (Å²) in [5.74, 6) is 5.34. The van der Waals surface area contributed by atoms with Gasteiger partial charge in [0.05, 0.1) is 46.5 Å². The molecule has 228 valence electrons. The van der Waals surface area contributed by atoms with Gasteiger partial charge in [0.2, 0.25) is 5.89 Å². The maximum absolute atomic E-state index is 15.0. The van der Waals surface area contributed by atoms with Crippen LogP contribution in [0.15, 0.2) is 71.5 Å². The molecule has 1 atom stereocenters. The third kappa shape index (κ3) is 5.26. The maximum atomic E-state index is 15.0. The molecule has 2 aliphatic rings. The van der Waals surface area contributed by atoms with Gasteiger partial charge in [-0.1, -0.05) is 12.1 Å². The molecule has 12 heteroatoms. The quantitative estimate of drug-likeness (QED) is 0.247. The van der Waals surface area contributed by atoms with Crippen LogP contribution in [0.1, 0.15) is 64.4 Å². The zero-order valence-electron chi connectivity index (χ0n) is 24.4. The summed E-state index contributed by atoms with van der Waals surface area (Å²) in [6, 6.07) is 17.2. The van der Waals surface area contributed by atoms with Gasteiger partial charge in [0.1, 0.15) is 24.4 Å². The van der Waals surface area contributed by atoms with Crippen LogP contribution in [-0.4, -0.2) is 38.5 Å². The topological polar surface area (TPSA) is 142 Å². The highest BCUT2D eigenvalue weighted by Gasteiger charge is 2.43. The Morgan fingerprint density at radius 1 is 1.16 bits per heavy atom. The Bertz CT molecular complexity index is 1940. The van der Waals surface area contributed by atoms with Crippen LogP contribution in [0, 0.1) is 17.1 Å². The second-order valence-electron chi connectivity index (χ2n) is 11.3. The number of nitrogens with zero attached hydrogens (tertiary/aromatic N) is 5. The fraction of sp³-hybridized carbons (Fsp3) is 0.273. The number of oxazole rings is 1. The van der Waals surface area contributed by atoms with Gasteiger partial charge >= 0.3 is 5.97 Å². The van der Waals surface area contributed by atoms with E-state index in [0.717, 1.165) is 48.4 Å². The van der Waals surface area contributed by atoms with Crippen LogP contribution in [-0.2, 0) is 23.7 Å². The number of likely N-dealkylation sites (tertiary alicyclic amines) is 1. The monoisotopic (exact) mass is 608 g/mol. The normalized spacial score (nSPS) is 18.3. The summed E-state index contributed by atoms with van der Waals surface area (Å²) in [7, 11) is 0. The van der Waals surface area contributed by atoms with E-state index in [9.17, 15) is 9.18 Å². The molecule has 0 aliphatic carbocycles. The smallest absolute Gasteiger partial charge is 0.356 e. The van der Waals surface area contributed by atoms with Crippen molar-refractivity contribution in [2.24, 2.45) is 5.90 Å². The lowest BCUT2D eigenvalue weighted by atomic mass is 9.88. The van der Waals surface area contributed by atoms with E-state index in [4.69, 9.17) is 30.0 Å². The van der Waals surface area contributed by atoms with Crippen LogP contribution in [0.5, 0.6) is 11.5 Å². The lowest BCUT2D eigenvalue weighted by molar-refractivity contribution is -0.0712. The number of aromatic nitrogens is 3. The Morgan fingerprint density at radius 2 is 2.00 bits per heavy atom. The number of imidazole rings is 1. The fourth-order valence-corrected chi connectivity index (χ4v) is 6.27. The Balaban J connectivity index is 1.09. The van der Waals surface area contributed by atoms with Gasteiger partial charge in [-0.05, 0) is 74.3 Å². The lowest BCUT2D eigenvalue weighted by Gasteiger charge is -2.32. The van der Waals surface area contributed by atoms with Crippen molar-refractivity contribution in [1.29, 1.82) is 5.26 Å². The second-order valence-corrected chi connectivity index (χ2v) is 11.3. The van der Waals surface area contributed by atoms with Crippen LogP contribution < -0.4 is 15.4 Å². The molecule has 2 aromatic heterocycles. The number of nitriles is 1. The molecule has 2 N–H and O–H groups in total. The molecule has 45 heavy (non-hydrogen) atoms. The SMILES string of the molecule is CC1(c2ccc(C#N)cc2F)Oc2cccc(C3CCN(Cc4nc5ccc(C(=O)ON)cc5n4Cc4ncco4)CC3)c2O1. The fourth-order valence-electron chi connectivity index (χ4n) is 6.27. The summed E-state index contributed by atoms with van der Waals surface area (Å²) in [6.45, 7) is 4.24. The van der Waals surface area contributed by atoms with Crippen LogP contribution in [0.2, 0.25) is 0 Å². The van der Waals surface area contributed by atoms with Gasteiger partial charge in [-0.3, -0.25) is 4.90 Å². The van der Waals surface area contributed by atoms with Crippen molar-refractivity contribution in [1.82, 2.24) is 19.4 Å². The number of ether oxygens (including phenoxy) is 2. The number of rotatable bonds is 7. The van der Waals surface area contributed by atoms with Crippen LogP contribution >= 0.6 is 0 Å². The van der Waals surface area contributed by atoms with Crippen molar-refractivity contribution in [2.75, 3.05) is 13.1 Å². The number of carbonyl (C=O) groups excluding carboxylic acids is 1. The highest BCUT2D eigenvalue weighted by molar-refractivity contribution is 5.93. The lowest BCUT2D eigenvalue weighted by Crippen LogP contribution is -2.34. The predicted molar refractivity (Wildman–Crippen MR) is 158 cm³/mol. The maximum Gasteiger partial charge on any atom is 0.356 e. The minimum Gasteiger partial charge on any atom is -0.447 e. The molecule has 0 amide bonds. The standard InChI is InChI=1S/C33H29FN6O5/c1-33(24-7-5-20(17-35)15-25(24)34)43-28-4-2-3-23(31(28)44-33)21-9-12-39(13-10-21)18-29-38-26-8-6-22(32(41)45-36)16-27(26)40(29)19-30-37-11-14-42-30/h2-8,11,14-16,21H,9-10,12-13,18-19,36H2,1H3. The molecule has 0 saturated carbocycles. The number of fused-ring (bicyclic) bond motifs is 2. The number of carbonyl (C=O) groups is 1. The first-order valence-corrected chi connectivity index (χ1v) is 14.6. The molecule has 7 rings (SSSR count). The Hall–Kier alpha value is -5.25. The van der Waals surface area contributed by atoms with Crippen molar-refractivity contribution in [3.63, 3.8) is 0 Å². The van der Waals surface area contributed by atoms with Crippen LogP contribution in [0.3, 0.4) is 0 Å². The molecule has 0 spiro atoms. The zero-order chi connectivity index (χ0) is 31.1. The Morgan fingerprint density at radius 3 is 2.73 bits per heavy atom. The highest BCUT2D eigenvalue weighted by Crippen LogP contribution is 2.49. The molecule has 11 nitrogen and oxygen atoms in total. The number of hydrogen-bond donors (Lipinski definition) is 1. The van der Waals surface area contributed by atoms with Crippen molar-refractivity contribution in [3.05, 3.63) is 107 Å². The number of nitrogens with two attached hydrogens (primary N) is 1. The molecule has 0 bridgehead atoms. The summed E-state index contributed by atoms with van der Waals surface area (Å²) in [5, 5.41) is 9.13. The molecule has 2 aliphatic heterocycles. The van der Waals surface area contributed by atoms with Crippen molar-refractivity contribution in [3.8, 4) is 17.6 Å². The van der Waals surface area contributed by atoms with Crippen molar-refractivity contribution < 1.29 is 27.9 Å². The van der Waals surface area contributed by atoms with Gasteiger partial charge in [-0.15, -0.1) is 0 Å². The van der Waals surface area contributed by atoms with Gasteiger partial charge in [-0.25, -0.2) is 19.2 Å². The van der Waals surface area contributed by atoms with Crippen molar-refractivity contribution >= 4 is 17.0 Å². The first-order valence-electron chi connectivity index (χ1n) is 14.6. The highest BCUT2D eigenvalue weighted by atomic mass is 19.1. The average molecular weight is 609 g/mol. The largest absolute Gasteiger partial charge is 0.447 e.